The van der Waals surface area contributed by atoms with Gasteiger partial charge >= 0.3 is 0 Å². The Labute approximate surface area is 94.1 Å². The SMILES string of the molecule is CC(C)=CC(C(=O)NC(C)(C)C)C(C)C. The Kier molecular flexibility index (Phi) is 5.06. The van der Waals surface area contributed by atoms with E-state index < -0.39 is 0 Å². The van der Waals surface area contributed by atoms with Gasteiger partial charge in [0.05, 0.1) is 5.92 Å². The molecule has 88 valence electrons. The normalized spacial score (nSPS) is 13.6. The van der Waals surface area contributed by atoms with Crippen LogP contribution in [-0.4, -0.2) is 11.4 Å². The highest BCUT2D eigenvalue weighted by Crippen LogP contribution is 2.16. The number of hydrogen-bond donors (Lipinski definition) is 1. The minimum Gasteiger partial charge on any atom is -0.351 e. The van der Waals surface area contributed by atoms with Crippen LogP contribution in [0.2, 0.25) is 0 Å². The summed E-state index contributed by atoms with van der Waals surface area (Å²) in [6.07, 6.45) is 2.05. The van der Waals surface area contributed by atoms with Crippen LogP contribution in [0.1, 0.15) is 48.5 Å². The van der Waals surface area contributed by atoms with Crippen molar-refractivity contribution in [2.45, 2.75) is 54.0 Å². The summed E-state index contributed by atoms with van der Waals surface area (Å²) < 4.78 is 0. The maximum absolute atomic E-state index is 12.0. The molecule has 0 heterocycles. The summed E-state index contributed by atoms with van der Waals surface area (Å²) in [6.45, 7) is 14.2. The molecular weight excluding hydrogens is 186 g/mol. The highest BCUT2D eigenvalue weighted by atomic mass is 16.2. The van der Waals surface area contributed by atoms with E-state index >= 15 is 0 Å². The number of hydrogen-bond acceptors (Lipinski definition) is 1. The molecular formula is C13H25NO. The monoisotopic (exact) mass is 211 g/mol. The predicted molar refractivity (Wildman–Crippen MR) is 65.7 cm³/mol. The van der Waals surface area contributed by atoms with E-state index in [4.69, 9.17) is 0 Å². The number of rotatable bonds is 3. The van der Waals surface area contributed by atoms with Gasteiger partial charge in [-0.25, -0.2) is 0 Å². The van der Waals surface area contributed by atoms with Crippen molar-refractivity contribution in [3.63, 3.8) is 0 Å². The van der Waals surface area contributed by atoms with Crippen LogP contribution in [0.4, 0.5) is 0 Å². The second-order valence-corrected chi connectivity index (χ2v) is 5.75. The summed E-state index contributed by atoms with van der Waals surface area (Å²) in [5.41, 5.74) is 1.04. The first-order chi connectivity index (χ1) is 6.63. The van der Waals surface area contributed by atoms with Crippen molar-refractivity contribution in [2.75, 3.05) is 0 Å². The Balaban J connectivity index is 4.66. The molecule has 15 heavy (non-hydrogen) atoms. The van der Waals surface area contributed by atoms with Crippen LogP contribution in [-0.2, 0) is 4.79 Å². The van der Waals surface area contributed by atoms with E-state index in [0.717, 1.165) is 0 Å². The molecule has 0 saturated heterocycles. The number of carbonyl (C=O) groups is 1. The maximum atomic E-state index is 12.0. The van der Waals surface area contributed by atoms with Gasteiger partial charge < -0.3 is 5.32 Å². The zero-order valence-electron chi connectivity index (χ0n) is 11.1. The lowest BCUT2D eigenvalue weighted by atomic mass is 9.92. The van der Waals surface area contributed by atoms with Gasteiger partial charge in [0.15, 0.2) is 0 Å². The highest BCUT2D eigenvalue weighted by Gasteiger charge is 2.23. The fourth-order valence-corrected chi connectivity index (χ4v) is 1.38. The minimum atomic E-state index is -0.153. The molecule has 0 saturated carbocycles. The maximum Gasteiger partial charge on any atom is 0.227 e. The predicted octanol–water partition coefficient (Wildman–Crippen LogP) is 3.14. The molecule has 0 radical (unpaired) electrons. The molecule has 1 N–H and O–H groups in total. The van der Waals surface area contributed by atoms with Crippen LogP contribution < -0.4 is 5.32 Å². The van der Waals surface area contributed by atoms with Crippen LogP contribution in [0, 0.1) is 11.8 Å². The molecule has 1 atom stereocenters. The molecule has 0 fully saturated rings. The standard InChI is InChI=1S/C13H25NO/c1-9(2)8-11(10(3)4)12(15)14-13(5,6)7/h8,10-11H,1-7H3,(H,14,15). The van der Waals surface area contributed by atoms with Gasteiger partial charge in [-0.2, -0.15) is 0 Å². The van der Waals surface area contributed by atoms with E-state index in [0.29, 0.717) is 5.92 Å². The Morgan fingerprint density at radius 3 is 1.93 bits per heavy atom. The zero-order chi connectivity index (χ0) is 12.2. The molecule has 0 aliphatic carbocycles. The summed E-state index contributed by atoms with van der Waals surface area (Å²) in [5.74, 6) is 0.440. The second-order valence-electron chi connectivity index (χ2n) is 5.75. The summed E-state index contributed by atoms with van der Waals surface area (Å²) in [6, 6.07) is 0. The van der Waals surface area contributed by atoms with Gasteiger partial charge in [-0.05, 0) is 40.5 Å². The number of nitrogens with one attached hydrogen (secondary N) is 1. The molecule has 1 unspecified atom stereocenters. The quantitative estimate of drug-likeness (QED) is 0.714. The van der Waals surface area contributed by atoms with Crippen molar-refractivity contribution in [3.05, 3.63) is 11.6 Å². The van der Waals surface area contributed by atoms with Crippen LogP contribution in [0.3, 0.4) is 0 Å². The average molecular weight is 211 g/mol. The third-order valence-corrected chi connectivity index (χ3v) is 2.03. The number of carbonyl (C=O) groups excluding carboxylic acids is 1. The Bertz CT molecular complexity index is 242. The smallest absolute Gasteiger partial charge is 0.227 e. The molecule has 0 spiro atoms. The Morgan fingerprint density at radius 2 is 1.67 bits per heavy atom. The van der Waals surface area contributed by atoms with E-state index in [2.05, 4.69) is 19.2 Å². The lowest BCUT2D eigenvalue weighted by Gasteiger charge is -2.25. The summed E-state index contributed by atoms with van der Waals surface area (Å²) in [5, 5.41) is 3.02. The third kappa shape index (κ3) is 6.32. The molecule has 0 rings (SSSR count). The zero-order valence-corrected chi connectivity index (χ0v) is 11.1. The second kappa shape index (κ2) is 5.34. The summed E-state index contributed by atoms with van der Waals surface area (Å²) in [7, 11) is 0. The van der Waals surface area contributed by atoms with Crippen LogP contribution >= 0.6 is 0 Å². The van der Waals surface area contributed by atoms with Crippen molar-refractivity contribution >= 4 is 5.91 Å². The first kappa shape index (κ1) is 14.2. The first-order valence-electron chi connectivity index (χ1n) is 5.60. The summed E-state index contributed by atoms with van der Waals surface area (Å²) in [4.78, 5) is 12.0. The van der Waals surface area contributed by atoms with Crippen molar-refractivity contribution in [1.82, 2.24) is 5.32 Å². The van der Waals surface area contributed by atoms with Crippen molar-refractivity contribution in [2.24, 2.45) is 11.8 Å². The van der Waals surface area contributed by atoms with E-state index in [1.807, 2.05) is 40.7 Å². The van der Waals surface area contributed by atoms with E-state index in [1.165, 1.54) is 5.57 Å². The molecule has 0 bridgehead atoms. The fourth-order valence-electron chi connectivity index (χ4n) is 1.38. The fraction of sp³-hybridized carbons (Fsp3) is 0.769. The minimum absolute atomic E-state index is 0.0192. The molecule has 0 aliphatic heterocycles. The largest absolute Gasteiger partial charge is 0.351 e. The number of allylic oxidation sites excluding steroid dienone is 1. The van der Waals surface area contributed by atoms with Gasteiger partial charge in [0, 0.05) is 5.54 Å². The lowest BCUT2D eigenvalue weighted by Crippen LogP contribution is -2.44. The van der Waals surface area contributed by atoms with Gasteiger partial charge in [-0.1, -0.05) is 25.5 Å². The number of amides is 1. The van der Waals surface area contributed by atoms with Crippen molar-refractivity contribution < 1.29 is 4.79 Å². The van der Waals surface area contributed by atoms with Crippen LogP contribution in [0.5, 0.6) is 0 Å². The Hall–Kier alpha value is -0.790. The Morgan fingerprint density at radius 1 is 1.20 bits per heavy atom. The van der Waals surface area contributed by atoms with Crippen LogP contribution in [0.25, 0.3) is 0 Å². The van der Waals surface area contributed by atoms with E-state index in [9.17, 15) is 4.79 Å². The van der Waals surface area contributed by atoms with E-state index in [1.54, 1.807) is 0 Å². The molecule has 2 nitrogen and oxygen atoms in total. The third-order valence-electron chi connectivity index (χ3n) is 2.03. The summed E-state index contributed by atoms with van der Waals surface area (Å²) >= 11 is 0. The van der Waals surface area contributed by atoms with Gasteiger partial charge in [-0.3, -0.25) is 4.79 Å². The van der Waals surface area contributed by atoms with E-state index in [-0.39, 0.29) is 17.4 Å². The molecule has 2 heteroatoms. The van der Waals surface area contributed by atoms with Crippen molar-refractivity contribution in [1.29, 1.82) is 0 Å². The molecule has 0 aromatic heterocycles. The molecule has 0 aromatic rings. The lowest BCUT2D eigenvalue weighted by molar-refractivity contribution is -0.126. The van der Waals surface area contributed by atoms with Crippen molar-refractivity contribution in [3.8, 4) is 0 Å². The average Bonchev–Trinajstić information content (AvgIpc) is 1.95. The highest BCUT2D eigenvalue weighted by molar-refractivity contribution is 5.81. The molecule has 1 amide bonds. The van der Waals surface area contributed by atoms with Gasteiger partial charge in [-0.15, -0.1) is 0 Å². The molecule has 0 aliphatic rings. The van der Waals surface area contributed by atoms with Gasteiger partial charge in [0.1, 0.15) is 0 Å². The topological polar surface area (TPSA) is 29.1 Å². The van der Waals surface area contributed by atoms with Gasteiger partial charge in [0.25, 0.3) is 0 Å². The first-order valence-corrected chi connectivity index (χ1v) is 5.60. The molecule has 0 aromatic carbocycles. The van der Waals surface area contributed by atoms with Gasteiger partial charge in [0.2, 0.25) is 5.91 Å². The van der Waals surface area contributed by atoms with Crippen LogP contribution in [0.15, 0.2) is 11.6 Å².